The number of ether oxygens (including phenoxy) is 1. The van der Waals surface area contributed by atoms with E-state index in [1.165, 1.54) is 11.3 Å². The SMILES string of the molecule is Cc1scnc1C(O)COc1ccccc1. The molecule has 1 N–H and O–H groups in total. The van der Waals surface area contributed by atoms with Gasteiger partial charge in [-0.05, 0) is 19.1 Å². The Kier molecular flexibility index (Phi) is 3.54. The minimum atomic E-state index is -0.661. The van der Waals surface area contributed by atoms with E-state index >= 15 is 0 Å². The molecule has 0 saturated heterocycles. The molecule has 84 valence electrons. The molecule has 1 aromatic heterocycles. The Morgan fingerprint density at radius 1 is 1.38 bits per heavy atom. The van der Waals surface area contributed by atoms with Crippen molar-refractivity contribution in [2.24, 2.45) is 0 Å². The Balaban J connectivity index is 1.94. The molecular formula is C12H13NO2S. The van der Waals surface area contributed by atoms with Gasteiger partial charge in [0.2, 0.25) is 0 Å². The predicted octanol–water partition coefficient (Wildman–Crippen LogP) is 2.56. The van der Waals surface area contributed by atoms with Gasteiger partial charge < -0.3 is 9.84 Å². The van der Waals surface area contributed by atoms with Crippen molar-refractivity contribution >= 4 is 11.3 Å². The van der Waals surface area contributed by atoms with E-state index in [1.54, 1.807) is 5.51 Å². The van der Waals surface area contributed by atoms with Crippen LogP contribution in [0.4, 0.5) is 0 Å². The molecule has 1 atom stereocenters. The van der Waals surface area contributed by atoms with Crippen LogP contribution in [-0.4, -0.2) is 16.7 Å². The number of aryl methyl sites for hydroxylation is 1. The van der Waals surface area contributed by atoms with Gasteiger partial charge in [0.1, 0.15) is 18.5 Å². The first-order valence-corrected chi connectivity index (χ1v) is 5.91. The van der Waals surface area contributed by atoms with E-state index in [0.717, 1.165) is 10.6 Å². The van der Waals surface area contributed by atoms with Crippen LogP contribution in [0, 0.1) is 6.92 Å². The fourth-order valence-electron chi connectivity index (χ4n) is 1.40. The third-order valence-corrected chi connectivity index (χ3v) is 3.02. The van der Waals surface area contributed by atoms with Crippen molar-refractivity contribution in [2.45, 2.75) is 13.0 Å². The van der Waals surface area contributed by atoms with Crippen LogP contribution in [0.2, 0.25) is 0 Å². The molecule has 1 aromatic carbocycles. The van der Waals surface area contributed by atoms with Gasteiger partial charge in [0.15, 0.2) is 0 Å². The van der Waals surface area contributed by atoms with Crippen molar-refractivity contribution in [1.29, 1.82) is 0 Å². The summed E-state index contributed by atoms with van der Waals surface area (Å²) in [5, 5.41) is 9.87. The summed E-state index contributed by atoms with van der Waals surface area (Å²) in [4.78, 5) is 5.15. The maximum absolute atomic E-state index is 9.87. The lowest BCUT2D eigenvalue weighted by Gasteiger charge is -2.11. The molecule has 0 aliphatic heterocycles. The monoisotopic (exact) mass is 235 g/mol. The normalized spacial score (nSPS) is 12.4. The molecule has 0 amide bonds. The molecule has 0 spiro atoms. The molecule has 1 heterocycles. The molecule has 0 radical (unpaired) electrons. The lowest BCUT2D eigenvalue weighted by atomic mass is 10.2. The lowest BCUT2D eigenvalue weighted by molar-refractivity contribution is 0.104. The Hall–Kier alpha value is -1.39. The third kappa shape index (κ3) is 2.59. The van der Waals surface area contributed by atoms with Crippen LogP contribution in [0.1, 0.15) is 16.7 Å². The second-order valence-electron chi connectivity index (χ2n) is 3.43. The minimum Gasteiger partial charge on any atom is -0.490 e. The number of nitrogens with zero attached hydrogens (tertiary/aromatic N) is 1. The lowest BCUT2D eigenvalue weighted by Crippen LogP contribution is -2.10. The maximum Gasteiger partial charge on any atom is 0.131 e. The van der Waals surface area contributed by atoms with E-state index in [-0.39, 0.29) is 6.61 Å². The largest absolute Gasteiger partial charge is 0.490 e. The van der Waals surface area contributed by atoms with Gasteiger partial charge >= 0.3 is 0 Å². The van der Waals surface area contributed by atoms with Crippen LogP contribution >= 0.6 is 11.3 Å². The van der Waals surface area contributed by atoms with E-state index in [9.17, 15) is 5.11 Å². The van der Waals surface area contributed by atoms with Gasteiger partial charge in [-0.2, -0.15) is 0 Å². The number of aromatic nitrogens is 1. The summed E-state index contributed by atoms with van der Waals surface area (Å²) in [6.07, 6.45) is -0.661. The van der Waals surface area contributed by atoms with Gasteiger partial charge in [0.25, 0.3) is 0 Å². The summed E-state index contributed by atoms with van der Waals surface area (Å²) < 4.78 is 5.46. The van der Waals surface area contributed by atoms with Gasteiger partial charge in [0.05, 0.1) is 11.2 Å². The highest BCUT2D eigenvalue weighted by Gasteiger charge is 2.13. The van der Waals surface area contributed by atoms with Crippen molar-refractivity contribution in [3.05, 3.63) is 46.4 Å². The fraction of sp³-hybridized carbons (Fsp3) is 0.250. The summed E-state index contributed by atoms with van der Waals surface area (Å²) in [5.41, 5.74) is 2.44. The van der Waals surface area contributed by atoms with E-state index in [2.05, 4.69) is 4.98 Å². The summed E-state index contributed by atoms with van der Waals surface area (Å²) >= 11 is 1.53. The first-order chi connectivity index (χ1) is 7.77. The Morgan fingerprint density at radius 3 is 2.75 bits per heavy atom. The van der Waals surface area contributed by atoms with Crippen molar-refractivity contribution in [1.82, 2.24) is 4.98 Å². The zero-order valence-corrected chi connectivity index (χ0v) is 9.78. The maximum atomic E-state index is 9.87. The number of aliphatic hydroxyl groups is 1. The van der Waals surface area contributed by atoms with E-state index in [4.69, 9.17) is 4.74 Å². The Labute approximate surface area is 98.4 Å². The standard InChI is InChI=1S/C12H13NO2S/c1-9-12(13-8-16-9)11(14)7-15-10-5-3-2-4-6-10/h2-6,8,11,14H,7H2,1H3. The second kappa shape index (κ2) is 5.09. The topological polar surface area (TPSA) is 42.4 Å². The van der Waals surface area contributed by atoms with Gasteiger partial charge in [0, 0.05) is 4.88 Å². The molecule has 2 aromatic rings. The number of aliphatic hydroxyl groups excluding tert-OH is 1. The van der Waals surface area contributed by atoms with Crippen LogP contribution < -0.4 is 4.74 Å². The molecule has 2 rings (SSSR count). The smallest absolute Gasteiger partial charge is 0.131 e. The summed E-state index contributed by atoms with van der Waals surface area (Å²) in [6.45, 7) is 2.17. The average molecular weight is 235 g/mol. The number of benzene rings is 1. The van der Waals surface area contributed by atoms with Crippen molar-refractivity contribution in [2.75, 3.05) is 6.61 Å². The van der Waals surface area contributed by atoms with Crippen molar-refractivity contribution in [3.63, 3.8) is 0 Å². The summed E-state index contributed by atoms with van der Waals surface area (Å²) in [6, 6.07) is 9.45. The zero-order valence-electron chi connectivity index (χ0n) is 8.96. The van der Waals surface area contributed by atoms with Crippen LogP contribution in [0.3, 0.4) is 0 Å². The first-order valence-electron chi connectivity index (χ1n) is 5.03. The van der Waals surface area contributed by atoms with E-state index in [1.807, 2.05) is 37.3 Å². The molecule has 16 heavy (non-hydrogen) atoms. The van der Waals surface area contributed by atoms with Gasteiger partial charge in [-0.25, -0.2) is 4.98 Å². The van der Waals surface area contributed by atoms with Crippen LogP contribution in [0.25, 0.3) is 0 Å². The van der Waals surface area contributed by atoms with E-state index < -0.39 is 6.10 Å². The summed E-state index contributed by atoms with van der Waals surface area (Å²) in [5.74, 6) is 0.759. The summed E-state index contributed by atoms with van der Waals surface area (Å²) in [7, 11) is 0. The Bertz CT molecular complexity index is 441. The molecule has 0 aliphatic rings. The number of thiazole rings is 1. The zero-order chi connectivity index (χ0) is 11.4. The highest BCUT2D eigenvalue weighted by atomic mass is 32.1. The van der Waals surface area contributed by atoms with Gasteiger partial charge in [-0.15, -0.1) is 11.3 Å². The number of hydrogen-bond donors (Lipinski definition) is 1. The first kappa shape index (κ1) is 11.1. The van der Waals surface area contributed by atoms with Crippen LogP contribution in [0.5, 0.6) is 5.75 Å². The molecule has 0 aliphatic carbocycles. The number of rotatable bonds is 4. The molecule has 1 unspecified atom stereocenters. The number of para-hydroxylation sites is 1. The van der Waals surface area contributed by atoms with Gasteiger partial charge in [-0.1, -0.05) is 18.2 Å². The predicted molar refractivity (Wildman–Crippen MR) is 63.7 cm³/mol. The van der Waals surface area contributed by atoms with Crippen molar-refractivity contribution < 1.29 is 9.84 Å². The van der Waals surface area contributed by atoms with Crippen molar-refractivity contribution in [3.8, 4) is 5.75 Å². The highest BCUT2D eigenvalue weighted by molar-refractivity contribution is 7.09. The quantitative estimate of drug-likeness (QED) is 0.885. The van der Waals surface area contributed by atoms with Crippen LogP contribution in [0.15, 0.2) is 35.8 Å². The molecule has 0 saturated carbocycles. The molecule has 0 bridgehead atoms. The molecule has 3 nitrogen and oxygen atoms in total. The molecule has 4 heteroatoms. The van der Waals surface area contributed by atoms with E-state index in [0.29, 0.717) is 5.69 Å². The van der Waals surface area contributed by atoms with Gasteiger partial charge in [-0.3, -0.25) is 0 Å². The molecular weight excluding hydrogens is 222 g/mol. The molecule has 0 fully saturated rings. The average Bonchev–Trinajstić information content (AvgIpc) is 2.74. The fourth-order valence-corrected chi connectivity index (χ4v) is 2.04. The highest BCUT2D eigenvalue weighted by Crippen LogP contribution is 2.20. The van der Waals surface area contributed by atoms with Crippen LogP contribution in [-0.2, 0) is 0 Å². The second-order valence-corrected chi connectivity index (χ2v) is 4.49. The third-order valence-electron chi connectivity index (χ3n) is 2.25. The Morgan fingerprint density at radius 2 is 2.12 bits per heavy atom. The minimum absolute atomic E-state index is 0.231. The number of hydrogen-bond acceptors (Lipinski definition) is 4.